The highest BCUT2D eigenvalue weighted by atomic mass is 35.5. The number of hydrogen-bond donors (Lipinski definition) is 0. The van der Waals surface area contributed by atoms with E-state index >= 15 is 0 Å². The number of rotatable bonds is 4. The second-order valence-corrected chi connectivity index (χ2v) is 15.0. The van der Waals surface area contributed by atoms with Gasteiger partial charge in [-0.1, -0.05) is 74.3 Å². The van der Waals surface area contributed by atoms with Crippen LogP contribution in [0.5, 0.6) is 0 Å². The normalized spacial score (nSPS) is 16.2. The van der Waals surface area contributed by atoms with Crippen LogP contribution in [0.1, 0.15) is 79.6 Å². The summed E-state index contributed by atoms with van der Waals surface area (Å²) in [5.41, 5.74) is 3.33. The third-order valence-electron chi connectivity index (χ3n) is 7.61. The third kappa shape index (κ3) is 6.87. The molecule has 1 aliphatic heterocycles. The smallest absolute Gasteiger partial charge is 0.410 e. The Morgan fingerprint density at radius 1 is 1.00 bits per heavy atom. The molecule has 1 fully saturated rings. The lowest BCUT2D eigenvalue weighted by molar-refractivity contribution is 0.00418. The first-order valence-electron chi connectivity index (χ1n) is 14.4. The van der Waals surface area contributed by atoms with Gasteiger partial charge in [-0.2, -0.15) is 5.10 Å². The fourth-order valence-electron chi connectivity index (χ4n) is 5.29. The largest absolute Gasteiger partial charge is 0.444 e. The molecule has 4 aromatic rings. The minimum Gasteiger partial charge on any atom is -0.444 e. The van der Waals surface area contributed by atoms with Crippen LogP contribution in [-0.4, -0.2) is 56.8 Å². The van der Waals surface area contributed by atoms with Crippen LogP contribution >= 0.6 is 34.5 Å². The van der Waals surface area contributed by atoms with Crippen LogP contribution < -0.4 is 0 Å². The van der Waals surface area contributed by atoms with Crippen LogP contribution in [0.15, 0.2) is 48.5 Å². The standard InChI is InChI=1S/C33H38Cl2N4O3S/c1-20-25-17-28(43-30(25)39(36-20)18-22-10-13-24(34)16-26(22)35)29(40)38-15-14-37(31(41)42-33(5,6)7)19-27(38)21-8-11-23(12-9-21)32(2,3)4/h8-13,16-17,27H,14-15,18-19H2,1-7H3. The maximum Gasteiger partial charge on any atom is 0.410 e. The fraction of sp³-hybridized carbons (Fsp3) is 0.424. The van der Waals surface area contributed by atoms with E-state index in [2.05, 4.69) is 45.0 Å². The van der Waals surface area contributed by atoms with E-state index in [0.717, 1.165) is 27.0 Å². The first-order chi connectivity index (χ1) is 20.1. The zero-order chi connectivity index (χ0) is 31.3. The Balaban J connectivity index is 1.46. The van der Waals surface area contributed by atoms with E-state index in [4.69, 9.17) is 33.0 Å². The van der Waals surface area contributed by atoms with Crippen molar-refractivity contribution in [2.75, 3.05) is 19.6 Å². The molecule has 0 aliphatic carbocycles. The van der Waals surface area contributed by atoms with Crippen molar-refractivity contribution in [3.63, 3.8) is 0 Å². The average molecular weight is 642 g/mol. The second-order valence-electron chi connectivity index (χ2n) is 13.1. The Bertz CT molecular complexity index is 1660. The van der Waals surface area contributed by atoms with Crippen molar-refractivity contribution in [3.8, 4) is 0 Å². The minimum atomic E-state index is -0.604. The van der Waals surface area contributed by atoms with Crippen molar-refractivity contribution in [3.05, 3.63) is 85.8 Å². The second kappa shape index (κ2) is 11.8. The summed E-state index contributed by atoms with van der Waals surface area (Å²) in [6, 6.07) is 15.4. The number of hydrogen-bond acceptors (Lipinski definition) is 5. The van der Waals surface area contributed by atoms with Gasteiger partial charge < -0.3 is 14.5 Å². The van der Waals surface area contributed by atoms with Gasteiger partial charge in [0.25, 0.3) is 5.91 Å². The van der Waals surface area contributed by atoms with Crippen molar-refractivity contribution in [2.24, 2.45) is 0 Å². The molecule has 228 valence electrons. The molecular weight excluding hydrogens is 603 g/mol. The van der Waals surface area contributed by atoms with E-state index in [9.17, 15) is 9.59 Å². The number of amides is 2. The van der Waals surface area contributed by atoms with E-state index in [0.29, 0.717) is 41.1 Å². The van der Waals surface area contributed by atoms with E-state index < -0.39 is 5.60 Å². The lowest BCUT2D eigenvalue weighted by Gasteiger charge is -2.41. The van der Waals surface area contributed by atoms with Gasteiger partial charge in [-0.15, -0.1) is 11.3 Å². The lowest BCUT2D eigenvalue weighted by atomic mass is 9.86. The number of carbonyl (C=O) groups excluding carboxylic acids is 2. The predicted octanol–water partition coefficient (Wildman–Crippen LogP) is 8.49. The summed E-state index contributed by atoms with van der Waals surface area (Å²) < 4.78 is 7.58. The number of carbonyl (C=O) groups is 2. The zero-order valence-electron chi connectivity index (χ0n) is 25.7. The van der Waals surface area contributed by atoms with Gasteiger partial charge in [-0.25, -0.2) is 4.79 Å². The van der Waals surface area contributed by atoms with Crippen molar-refractivity contribution in [1.29, 1.82) is 0 Å². The summed E-state index contributed by atoms with van der Waals surface area (Å²) in [5.74, 6) is -0.0644. The molecule has 0 N–H and O–H groups in total. The molecule has 0 bridgehead atoms. The number of aromatic nitrogens is 2. The molecule has 43 heavy (non-hydrogen) atoms. The van der Waals surface area contributed by atoms with E-state index in [1.165, 1.54) is 16.9 Å². The van der Waals surface area contributed by atoms with Crippen molar-refractivity contribution < 1.29 is 14.3 Å². The molecule has 1 aliphatic rings. The summed E-state index contributed by atoms with van der Waals surface area (Å²) in [6.07, 6.45) is -0.366. The third-order valence-corrected chi connectivity index (χ3v) is 9.33. The first-order valence-corrected chi connectivity index (χ1v) is 16.0. The molecule has 3 heterocycles. The molecule has 10 heteroatoms. The summed E-state index contributed by atoms with van der Waals surface area (Å²) in [5, 5.41) is 6.82. The highest BCUT2D eigenvalue weighted by molar-refractivity contribution is 7.20. The number of ether oxygens (including phenoxy) is 1. The molecule has 2 aromatic heterocycles. The molecule has 0 spiro atoms. The van der Waals surface area contributed by atoms with Gasteiger partial charge in [0, 0.05) is 35.1 Å². The summed E-state index contributed by atoms with van der Waals surface area (Å²) in [4.78, 5) is 32.4. The Hall–Kier alpha value is -3.07. The van der Waals surface area contributed by atoms with Gasteiger partial charge >= 0.3 is 6.09 Å². The molecule has 5 rings (SSSR count). The van der Waals surface area contributed by atoms with Crippen molar-refractivity contribution >= 4 is 56.8 Å². The molecule has 0 radical (unpaired) electrons. The quantitative estimate of drug-likeness (QED) is 0.224. The monoisotopic (exact) mass is 640 g/mol. The fourth-order valence-corrected chi connectivity index (χ4v) is 6.87. The maximum atomic E-state index is 14.2. The van der Waals surface area contributed by atoms with E-state index in [1.54, 1.807) is 11.0 Å². The Morgan fingerprint density at radius 2 is 1.70 bits per heavy atom. The molecule has 7 nitrogen and oxygen atoms in total. The molecular formula is C33H38Cl2N4O3S. The van der Waals surface area contributed by atoms with Crippen LogP contribution in [-0.2, 0) is 16.7 Å². The Morgan fingerprint density at radius 3 is 2.33 bits per heavy atom. The lowest BCUT2D eigenvalue weighted by Crippen LogP contribution is -2.53. The van der Waals surface area contributed by atoms with Crippen LogP contribution in [0.3, 0.4) is 0 Å². The maximum absolute atomic E-state index is 14.2. The molecule has 0 saturated carbocycles. The number of fused-ring (bicyclic) bond motifs is 1. The first kappa shape index (κ1) is 31.4. The zero-order valence-corrected chi connectivity index (χ0v) is 28.0. The molecule has 1 unspecified atom stereocenters. The number of nitrogens with zero attached hydrogens (tertiary/aromatic N) is 4. The van der Waals surface area contributed by atoms with Crippen LogP contribution in [0.25, 0.3) is 10.2 Å². The van der Waals surface area contributed by atoms with Crippen molar-refractivity contribution in [2.45, 2.75) is 72.1 Å². The summed E-state index contributed by atoms with van der Waals surface area (Å²) in [6.45, 7) is 15.6. The van der Waals surface area contributed by atoms with Gasteiger partial charge in [0.15, 0.2) is 0 Å². The number of aryl methyl sites for hydroxylation is 1. The van der Waals surface area contributed by atoms with Crippen LogP contribution in [0.4, 0.5) is 4.79 Å². The number of benzene rings is 2. The number of halogens is 2. The van der Waals surface area contributed by atoms with Crippen LogP contribution in [0.2, 0.25) is 10.0 Å². The van der Waals surface area contributed by atoms with Crippen molar-refractivity contribution in [1.82, 2.24) is 19.6 Å². The Kier molecular flexibility index (Phi) is 8.60. The highest BCUT2D eigenvalue weighted by Gasteiger charge is 2.36. The Labute approximate surface area is 267 Å². The van der Waals surface area contributed by atoms with Gasteiger partial charge in [-0.3, -0.25) is 9.48 Å². The summed E-state index contributed by atoms with van der Waals surface area (Å²) >= 11 is 14.0. The average Bonchev–Trinajstić information content (AvgIpc) is 3.49. The predicted molar refractivity (Wildman–Crippen MR) is 175 cm³/mol. The number of thiophene rings is 1. The molecule has 2 aromatic carbocycles. The van der Waals surface area contributed by atoms with Gasteiger partial charge in [-0.05, 0) is 68.0 Å². The topological polar surface area (TPSA) is 67.7 Å². The van der Waals surface area contributed by atoms with Crippen LogP contribution in [0, 0.1) is 6.92 Å². The SMILES string of the molecule is Cc1nn(Cc2ccc(Cl)cc2Cl)c2sc(C(=O)N3CCN(C(=O)OC(C)(C)C)CC3c3ccc(C(C)(C)C)cc3)cc12. The van der Waals surface area contributed by atoms with Gasteiger partial charge in [0.05, 0.1) is 23.2 Å². The number of piperazine rings is 1. The van der Waals surface area contributed by atoms with E-state index in [-0.39, 0.29) is 23.5 Å². The van der Waals surface area contributed by atoms with E-state index in [1.807, 2.05) is 55.5 Å². The summed E-state index contributed by atoms with van der Waals surface area (Å²) in [7, 11) is 0. The molecule has 1 saturated heterocycles. The molecule has 2 amide bonds. The molecule has 1 atom stereocenters. The van der Waals surface area contributed by atoms with Gasteiger partial charge in [0.2, 0.25) is 0 Å². The minimum absolute atomic E-state index is 0.00219. The highest BCUT2D eigenvalue weighted by Crippen LogP contribution is 2.35. The van der Waals surface area contributed by atoms with Gasteiger partial charge in [0.1, 0.15) is 10.4 Å².